The smallest absolute Gasteiger partial charge is 0.326 e. The molecule has 0 unspecified atom stereocenters. The normalized spacial score (nSPS) is 12.1. The quantitative estimate of drug-likeness (QED) is 0.185. The Kier molecular flexibility index (Phi) is 15.7. The third-order valence-corrected chi connectivity index (χ3v) is 3.12. The van der Waals surface area contributed by atoms with Gasteiger partial charge in [0.15, 0.2) is 0 Å². The van der Waals surface area contributed by atoms with Crippen molar-refractivity contribution in [2.24, 2.45) is 22.9 Å². The van der Waals surface area contributed by atoms with Gasteiger partial charge in [0, 0.05) is 6.54 Å². The minimum Gasteiger partial charge on any atom is -0.480 e. The molecule has 0 aromatic rings. The van der Waals surface area contributed by atoms with Gasteiger partial charge in [0.25, 0.3) is 0 Å². The Hall–Kier alpha value is -2.60. The van der Waals surface area contributed by atoms with E-state index in [0.717, 1.165) is 6.42 Å². The Bertz CT molecular complexity index is 448. The lowest BCUT2D eigenvalue weighted by atomic mass is 10.1. The van der Waals surface area contributed by atoms with Gasteiger partial charge >= 0.3 is 24.0 Å². The first kappa shape index (κ1) is 25.6. The van der Waals surface area contributed by atoms with Crippen LogP contribution in [-0.2, 0) is 9.59 Å². The van der Waals surface area contributed by atoms with Crippen LogP contribution in [0, 0.1) is 0 Å². The first-order valence-corrected chi connectivity index (χ1v) is 8.12. The molecule has 12 N–H and O–H groups in total. The summed E-state index contributed by atoms with van der Waals surface area (Å²) in [6.45, 7) is 0.977. The highest BCUT2D eigenvalue weighted by molar-refractivity contribution is 5.81. The summed E-state index contributed by atoms with van der Waals surface area (Å²) in [7, 11) is 0. The Morgan fingerprint density at radius 2 is 1.42 bits per heavy atom. The molecule has 0 rings (SSSR count). The lowest BCUT2D eigenvalue weighted by Gasteiger charge is -2.11. The molecule has 0 radical (unpaired) electrons. The second kappa shape index (κ2) is 15.9. The molecule has 12 heteroatoms. The number of unbranched alkanes of at least 4 members (excludes halogenated alkanes) is 2. The number of amides is 4. The van der Waals surface area contributed by atoms with Crippen molar-refractivity contribution in [3.05, 3.63) is 0 Å². The van der Waals surface area contributed by atoms with Gasteiger partial charge in [-0.25, -0.2) is 14.4 Å². The lowest BCUT2D eigenvalue weighted by Crippen LogP contribution is -2.43. The van der Waals surface area contributed by atoms with Crippen LogP contribution in [0.3, 0.4) is 0 Å². The maximum Gasteiger partial charge on any atom is 0.326 e. The van der Waals surface area contributed by atoms with E-state index in [1.165, 1.54) is 0 Å². The maximum atomic E-state index is 10.5. The lowest BCUT2D eigenvalue weighted by molar-refractivity contribution is -0.140. The van der Waals surface area contributed by atoms with E-state index < -0.39 is 36.1 Å². The number of carboxylic acid groups (broad SMARTS) is 2. The fraction of sp³-hybridized carbons (Fsp3) is 0.714. The molecule has 0 aliphatic rings. The van der Waals surface area contributed by atoms with Crippen LogP contribution in [0.5, 0.6) is 0 Å². The van der Waals surface area contributed by atoms with Gasteiger partial charge in [0.1, 0.15) is 12.1 Å². The zero-order valence-electron chi connectivity index (χ0n) is 14.6. The number of hydrogen-bond acceptors (Lipinski definition) is 6. The molecular weight excluding hydrogens is 348 g/mol. The van der Waals surface area contributed by atoms with Crippen molar-refractivity contribution in [3.63, 3.8) is 0 Å². The van der Waals surface area contributed by atoms with Crippen LogP contribution in [0.15, 0.2) is 0 Å². The summed E-state index contributed by atoms with van der Waals surface area (Å²) in [6, 6.07) is -3.10. The molecule has 0 aliphatic carbocycles. The summed E-state index contributed by atoms with van der Waals surface area (Å²) in [5.74, 6) is -2.07. The molecule has 0 saturated carbocycles. The van der Waals surface area contributed by atoms with Crippen LogP contribution < -0.4 is 33.6 Å². The Labute approximate surface area is 151 Å². The van der Waals surface area contributed by atoms with Crippen molar-refractivity contribution in [1.29, 1.82) is 0 Å². The Morgan fingerprint density at radius 3 is 1.85 bits per heavy atom. The van der Waals surface area contributed by atoms with Crippen LogP contribution in [0.4, 0.5) is 9.59 Å². The first-order chi connectivity index (χ1) is 12.1. The van der Waals surface area contributed by atoms with E-state index in [1.807, 2.05) is 0 Å². The highest BCUT2D eigenvalue weighted by Gasteiger charge is 2.17. The molecular formula is C14H30N6O6. The number of carboxylic acids is 2. The molecule has 4 amide bonds. The summed E-state index contributed by atoms with van der Waals surface area (Å²) in [5, 5.41) is 21.6. The molecule has 12 nitrogen and oxygen atoms in total. The molecule has 0 bridgehead atoms. The highest BCUT2D eigenvalue weighted by atomic mass is 16.4. The number of urea groups is 2. The van der Waals surface area contributed by atoms with E-state index in [4.69, 9.17) is 33.1 Å². The van der Waals surface area contributed by atoms with E-state index in [-0.39, 0.29) is 0 Å². The summed E-state index contributed by atoms with van der Waals surface area (Å²) < 4.78 is 0. The van der Waals surface area contributed by atoms with Gasteiger partial charge in [0.05, 0.1) is 0 Å². The fourth-order valence-corrected chi connectivity index (χ4v) is 1.75. The van der Waals surface area contributed by atoms with Gasteiger partial charge in [-0.3, -0.25) is 4.79 Å². The number of nitrogens with one attached hydrogen (secondary N) is 2. The van der Waals surface area contributed by atoms with E-state index in [9.17, 15) is 19.2 Å². The average molecular weight is 378 g/mol. The van der Waals surface area contributed by atoms with Crippen molar-refractivity contribution in [3.8, 4) is 0 Å². The van der Waals surface area contributed by atoms with E-state index in [1.54, 1.807) is 0 Å². The van der Waals surface area contributed by atoms with Crippen LogP contribution >= 0.6 is 0 Å². The maximum absolute atomic E-state index is 10.5. The third-order valence-electron chi connectivity index (χ3n) is 3.12. The van der Waals surface area contributed by atoms with Crippen molar-refractivity contribution in [1.82, 2.24) is 10.6 Å². The van der Waals surface area contributed by atoms with E-state index >= 15 is 0 Å². The molecule has 26 heavy (non-hydrogen) atoms. The van der Waals surface area contributed by atoms with Crippen LogP contribution in [-0.4, -0.2) is 59.4 Å². The molecule has 0 fully saturated rings. The number of hydrogen-bond donors (Lipinski definition) is 8. The summed E-state index contributed by atoms with van der Waals surface area (Å²) in [5.41, 5.74) is 20.1. The van der Waals surface area contributed by atoms with Gasteiger partial charge in [0.2, 0.25) is 0 Å². The first-order valence-electron chi connectivity index (χ1n) is 8.12. The second-order valence-electron chi connectivity index (χ2n) is 5.42. The number of carbonyl (C=O) groups excluding carboxylic acids is 2. The standard InChI is InChI=1S/2C7H15N3O3/c8-5(6(11)12)3-1-2-4-10-7(9)13;8-4-2-1-3-5(6(11)12)10-7(9)13/h2*5H,1-4,8H2,(H,11,12)(H3,9,10,13)/t2*5-/m00/s1. The van der Waals surface area contributed by atoms with E-state index in [0.29, 0.717) is 45.2 Å². The molecule has 0 aliphatic heterocycles. The van der Waals surface area contributed by atoms with Crippen LogP contribution in [0.2, 0.25) is 0 Å². The summed E-state index contributed by atoms with van der Waals surface area (Å²) in [6.07, 6.45) is 3.51. The molecule has 0 aromatic carbocycles. The molecule has 0 spiro atoms. The summed E-state index contributed by atoms with van der Waals surface area (Å²) in [4.78, 5) is 41.4. The van der Waals surface area contributed by atoms with Crippen LogP contribution in [0.1, 0.15) is 38.5 Å². The van der Waals surface area contributed by atoms with E-state index in [2.05, 4.69) is 10.6 Å². The Morgan fingerprint density at radius 1 is 0.846 bits per heavy atom. The number of rotatable bonds is 12. The zero-order chi connectivity index (χ0) is 20.5. The minimum atomic E-state index is -1.07. The zero-order valence-corrected chi connectivity index (χ0v) is 14.6. The molecule has 0 heterocycles. The molecule has 152 valence electrons. The number of nitrogens with two attached hydrogens (primary N) is 4. The van der Waals surface area contributed by atoms with Crippen LogP contribution in [0.25, 0.3) is 0 Å². The van der Waals surface area contributed by atoms with Crippen molar-refractivity contribution in [2.45, 2.75) is 50.6 Å². The Balaban J connectivity index is 0. The van der Waals surface area contributed by atoms with Gasteiger partial charge in [-0.15, -0.1) is 0 Å². The average Bonchev–Trinajstić information content (AvgIpc) is 2.53. The molecule has 0 aromatic heterocycles. The monoisotopic (exact) mass is 378 g/mol. The van der Waals surface area contributed by atoms with Crippen molar-refractivity contribution >= 4 is 24.0 Å². The number of aliphatic carboxylic acids is 2. The summed E-state index contributed by atoms with van der Waals surface area (Å²) >= 11 is 0. The minimum absolute atomic E-state index is 0.357. The number of primary amides is 2. The second-order valence-corrected chi connectivity index (χ2v) is 5.42. The number of carbonyl (C=O) groups is 4. The van der Waals surface area contributed by atoms with Gasteiger partial charge < -0.3 is 43.8 Å². The topological polar surface area (TPSA) is 237 Å². The van der Waals surface area contributed by atoms with Gasteiger partial charge in [-0.05, 0) is 45.1 Å². The van der Waals surface area contributed by atoms with Gasteiger partial charge in [-0.2, -0.15) is 0 Å². The predicted octanol–water partition coefficient (Wildman–Crippen LogP) is -1.53. The molecule has 2 atom stereocenters. The molecule has 0 saturated heterocycles. The third kappa shape index (κ3) is 17.7. The largest absolute Gasteiger partial charge is 0.480 e. The van der Waals surface area contributed by atoms with Crippen molar-refractivity contribution in [2.75, 3.05) is 13.1 Å². The van der Waals surface area contributed by atoms with Crippen molar-refractivity contribution < 1.29 is 29.4 Å². The predicted molar refractivity (Wildman–Crippen MR) is 94.1 cm³/mol. The van der Waals surface area contributed by atoms with Gasteiger partial charge in [-0.1, -0.05) is 0 Å². The highest BCUT2D eigenvalue weighted by Crippen LogP contribution is 2.00. The SMILES string of the molecule is NC(=O)NCCCC[C@H](N)C(=O)O.NCCCC[C@H](NC(N)=O)C(=O)O. The fourth-order valence-electron chi connectivity index (χ4n) is 1.75.